The number of methoxy groups -OCH3 is 2. The Hall–Kier alpha value is -1.91. The van der Waals surface area contributed by atoms with Crippen LogP contribution in [0.25, 0.3) is 0 Å². The minimum atomic E-state index is -0.523. The van der Waals surface area contributed by atoms with Gasteiger partial charge in [-0.3, -0.25) is 9.78 Å². The van der Waals surface area contributed by atoms with Crippen molar-refractivity contribution in [3.05, 3.63) is 18.2 Å². The number of benzene rings is 1. The Kier molecular flexibility index (Phi) is 3.79. The average molecular weight is 212 g/mol. The summed E-state index contributed by atoms with van der Waals surface area (Å²) in [5.74, 6) is 0.919. The first-order valence-electron chi connectivity index (χ1n) is 4.24. The molecule has 5 nitrogen and oxygen atoms in total. The second kappa shape index (κ2) is 5.09. The van der Waals surface area contributed by atoms with Gasteiger partial charge in [-0.05, 0) is 12.1 Å². The predicted octanol–water partition coefficient (Wildman–Crippen LogP) is 1.56. The van der Waals surface area contributed by atoms with Crippen LogP contribution in [0.2, 0.25) is 0 Å². The van der Waals surface area contributed by atoms with Crippen molar-refractivity contribution >= 4 is 5.97 Å². The molecule has 0 unspecified atom stereocenters. The minimum absolute atomic E-state index is 0.364. The Bertz CT molecular complexity index is 348. The molecule has 0 amide bonds. The molecule has 0 heterocycles. The number of ether oxygens (including phenoxy) is 2. The van der Waals surface area contributed by atoms with Gasteiger partial charge in [0.2, 0.25) is 0 Å². The largest absolute Gasteiger partial charge is 0.493 e. The van der Waals surface area contributed by atoms with E-state index < -0.39 is 5.97 Å². The molecule has 0 aliphatic heterocycles. The van der Waals surface area contributed by atoms with E-state index in [4.69, 9.17) is 14.4 Å². The van der Waals surface area contributed by atoms with Crippen LogP contribution in [-0.4, -0.2) is 20.2 Å². The van der Waals surface area contributed by atoms with E-state index in [-0.39, 0.29) is 0 Å². The smallest absolute Gasteiger partial charge is 0.352 e. The Morgan fingerprint density at radius 2 is 1.80 bits per heavy atom. The molecule has 1 aromatic rings. The maximum atomic E-state index is 10.5. The molecule has 0 radical (unpaired) electrons. The number of hydrogen-bond donors (Lipinski definition) is 0. The zero-order chi connectivity index (χ0) is 11.3. The van der Waals surface area contributed by atoms with Gasteiger partial charge in [-0.15, -0.1) is 0 Å². The second-order valence-electron chi connectivity index (χ2n) is 2.68. The highest BCUT2D eigenvalue weighted by Crippen LogP contribution is 2.30. The van der Waals surface area contributed by atoms with Gasteiger partial charge < -0.3 is 9.47 Å². The van der Waals surface area contributed by atoms with Crippen LogP contribution in [-0.2, 0) is 9.68 Å². The summed E-state index contributed by atoms with van der Waals surface area (Å²) >= 11 is 0. The molecule has 0 N–H and O–H groups in total. The van der Waals surface area contributed by atoms with E-state index in [9.17, 15) is 4.79 Å². The average Bonchev–Trinajstić information content (AvgIpc) is 2.25. The molecule has 0 aromatic heterocycles. The summed E-state index contributed by atoms with van der Waals surface area (Å²) in [5, 5.41) is 0. The van der Waals surface area contributed by atoms with Gasteiger partial charge in [0.05, 0.1) is 14.2 Å². The normalized spacial score (nSPS) is 9.27. The van der Waals surface area contributed by atoms with Crippen LogP contribution in [0.1, 0.15) is 6.92 Å². The van der Waals surface area contributed by atoms with Gasteiger partial charge in [-0.25, -0.2) is 4.79 Å². The lowest BCUT2D eigenvalue weighted by molar-refractivity contribution is -0.210. The first-order valence-corrected chi connectivity index (χ1v) is 4.24. The van der Waals surface area contributed by atoms with Crippen molar-refractivity contribution in [3.63, 3.8) is 0 Å². The van der Waals surface area contributed by atoms with Crippen molar-refractivity contribution < 1.29 is 24.0 Å². The lowest BCUT2D eigenvalue weighted by Gasteiger charge is -2.08. The molecule has 0 bridgehead atoms. The van der Waals surface area contributed by atoms with Crippen LogP contribution in [0.3, 0.4) is 0 Å². The van der Waals surface area contributed by atoms with Crippen LogP contribution in [0, 0.1) is 0 Å². The Morgan fingerprint density at radius 3 is 2.33 bits per heavy atom. The highest BCUT2D eigenvalue weighted by Gasteiger charge is 2.06. The SMILES string of the molecule is COc1ccc(OOC(C)=O)cc1OC. The first kappa shape index (κ1) is 11.2. The van der Waals surface area contributed by atoms with Crippen LogP contribution >= 0.6 is 0 Å². The first-order chi connectivity index (χ1) is 7.17. The van der Waals surface area contributed by atoms with Crippen molar-refractivity contribution in [2.45, 2.75) is 6.92 Å². The van der Waals surface area contributed by atoms with Crippen LogP contribution in [0.4, 0.5) is 0 Å². The molecule has 1 aromatic carbocycles. The highest BCUT2D eigenvalue weighted by atomic mass is 17.2. The topological polar surface area (TPSA) is 54.0 Å². The maximum Gasteiger partial charge on any atom is 0.352 e. The molecule has 82 valence electrons. The number of hydrogen-bond acceptors (Lipinski definition) is 5. The quantitative estimate of drug-likeness (QED) is 0.560. The Labute approximate surface area is 87.4 Å². The molecule has 0 aliphatic rings. The Balaban J connectivity index is 2.78. The van der Waals surface area contributed by atoms with Crippen molar-refractivity contribution in [1.82, 2.24) is 0 Å². The van der Waals surface area contributed by atoms with Crippen molar-refractivity contribution in [3.8, 4) is 17.2 Å². The summed E-state index contributed by atoms with van der Waals surface area (Å²) in [5.41, 5.74) is 0. The number of carbonyl (C=O) groups excluding carboxylic acids is 1. The number of rotatable bonds is 4. The van der Waals surface area contributed by atoms with Crippen molar-refractivity contribution in [2.75, 3.05) is 14.2 Å². The van der Waals surface area contributed by atoms with Crippen LogP contribution in [0.15, 0.2) is 18.2 Å². The molecule has 0 saturated carbocycles. The molecule has 0 aliphatic carbocycles. The standard InChI is InChI=1S/C10H12O5/c1-7(11)14-15-8-4-5-9(12-2)10(6-8)13-3/h4-6H,1-3H3. The van der Waals surface area contributed by atoms with E-state index in [2.05, 4.69) is 4.89 Å². The summed E-state index contributed by atoms with van der Waals surface area (Å²) in [7, 11) is 3.04. The van der Waals surface area contributed by atoms with Crippen LogP contribution < -0.4 is 14.4 Å². The molecule has 0 atom stereocenters. The van der Waals surface area contributed by atoms with E-state index in [1.54, 1.807) is 18.2 Å². The van der Waals surface area contributed by atoms with E-state index >= 15 is 0 Å². The maximum absolute atomic E-state index is 10.5. The van der Waals surface area contributed by atoms with Crippen molar-refractivity contribution in [2.24, 2.45) is 0 Å². The third-order valence-corrected chi connectivity index (χ3v) is 1.61. The summed E-state index contributed by atoms with van der Waals surface area (Å²) < 4.78 is 10.1. The zero-order valence-electron chi connectivity index (χ0n) is 8.77. The molecule has 5 heteroatoms. The third kappa shape index (κ3) is 3.05. The molecular formula is C10H12O5. The second-order valence-corrected chi connectivity index (χ2v) is 2.68. The summed E-state index contributed by atoms with van der Waals surface area (Å²) in [6.07, 6.45) is 0. The van der Waals surface area contributed by atoms with Gasteiger partial charge in [0, 0.05) is 13.0 Å². The lowest BCUT2D eigenvalue weighted by Crippen LogP contribution is -2.03. The fourth-order valence-corrected chi connectivity index (χ4v) is 0.975. The van der Waals surface area contributed by atoms with E-state index in [1.807, 2.05) is 0 Å². The summed E-state index contributed by atoms with van der Waals surface area (Å²) in [4.78, 5) is 19.6. The zero-order valence-corrected chi connectivity index (χ0v) is 8.77. The molecule has 0 fully saturated rings. The minimum Gasteiger partial charge on any atom is -0.493 e. The van der Waals surface area contributed by atoms with E-state index in [1.165, 1.54) is 21.1 Å². The van der Waals surface area contributed by atoms with Crippen LogP contribution in [0.5, 0.6) is 17.2 Å². The van der Waals surface area contributed by atoms with Gasteiger partial charge in [0.1, 0.15) is 0 Å². The van der Waals surface area contributed by atoms with Gasteiger partial charge in [0.25, 0.3) is 0 Å². The monoisotopic (exact) mass is 212 g/mol. The summed E-state index contributed by atoms with van der Waals surface area (Å²) in [6, 6.07) is 4.81. The third-order valence-electron chi connectivity index (χ3n) is 1.61. The highest BCUT2D eigenvalue weighted by molar-refractivity contribution is 5.65. The van der Waals surface area contributed by atoms with E-state index in [0.29, 0.717) is 17.2 Å². The molecular weight excluding hydrogens is 200 g/mol. The number of carbonyl (C=O) groups is 1. The van der Waals surface area contributed by atoms with E-state index in [0.717, 1.165) is 0 Å². The molecule has 15 heavy (non-hydrogen) atoms. The summed E-state index contributed by atoms with van der Waals surface area (Å²) in [6.45, 7) is 1.25. The van der Waals surface area contributed by atoms with Gasteiger partial charge >= 0.3 is 5.97 Å². The molecule has 1 rings (SSSR count). The predicted molar refractivity (Wildman–Crippen MR) is 51.9 cm³/mol. The van der Waals surface area contributed by atoms with Gasteiger partial charge in [0.15, 0.2) is 17.2 Å². The van der Waals surface area contributed by atoms with Gasteiger partial charge in [-0.2, -0.15) is 0 Å². The Morgan fingerprint density at radius 1 is 1.13 bits per heavy atom. The van der Waals surface area contributed by atoms with Crippen molar-refractivity contribution in [1.29, 1.82) is 0 Å². The lowest BCUT2D eigenvalue weighted by atomic mass is 10.3. The molecule has 0 saturated heterocycles. The fraction of sp³-hybridized carbons (Fsp3) is 0.300. The van der Waals surface area contributed by atoms with Gasteiger partial charge in [-0.1, -0.05) is 0 Å². The molecule has 0 spiro atoms. The fourth-order valence-electron chi connectivity index (χ4n) is 0.975.